The highest BCUT2D eigenvalue weighted by molar-refractivity contribution is 7.17. The summed E-state index contributed by atoms with van der Waals surface area (Å²) < 4.78 is 5.55. The Bertz CT molecular complexity index is 390. The topological polar surface area (TPSA) is 76.1 Å². The maximum atomic E-state index is 11.8. The molecular formula is C11H18N4O2S. The molecule has 0 aromatic carbocycles. The van der Waals surface area contributed by atoms with Crippen LogP contribution in [0.3, 0.4) is 0 Å². The van der Waals surface area contributed by atoms with Crippen molar-refractivity contribution >= 4 is 22.4 Å². The van der Waals surface area contributed by atoms with Crippen LogP contribution in [0, 0.1) is 0 Å². The van der Waals surface area contributed by atoms with Crippen LogP contribution in [0.15, 0.2) is 0 Å². The zero-order chi connectivity index (χ0) is 12.8. The molecule has 1 fully saturated rings. The fourth-order valence-corrected chi connectivity index (χ4v) is 2.52. The molecule has 0 bridgehead atoms. The van der Waals surface area contributed by atoms with Crippen LogP contribution in [0.4, 0.5) is 5.13 Å². The molecule has 2 rings (SSSR count). The molecular weight excluding hydrogens is 252 g/mol. The Morgan fingerprint density at radius 3 is 3.11 bits per heavy atom. The maximum absolute atomic E-state index is 11.8. The van der Waals surface area contributed by atoms with Crippen molar-refractivity contribution in [2.75, 3.05) is 25.0 Å². The van der Waals surface area contributed by atoms with E-state index in [9.17, 15) is 4.79 Å². The van der Waals surface area contributed by atoms with Crippen LogP contribution in [0.2, 0.25) is 0 Å². The Hall–Kier alpha value is -1.21. The first kappa shape index (κ1) is 13.2. The summed E-state index contributed by atoms with van der Waals surface area (Å²) in [6, 6.07) is 0. The van der Waals surface area contributed by atoms with Gasteiger partial charge in [-0.05, 0) is 26.2 Å². The van der Waals surface area contributed by atoms with Crippen molar-refractivity contribution in [3.63, 3.8) is 0 Å². The Morgan fingerprint density at radius 2 is 2.39 bits per heavy atom. The first-order valence-corrected chi connectivity index (χ1v) is 7.08. The summed E-state index contributed by atoms with van der Waals surface area (Å²) in [5.74, 6) is -0.175. The molecule has 0 radical (unpaired) electrons. The van der Waals surface area contributed by atoms with Gasteiger partial charge in [-0.25, -0.2) is 0 Å². The summed E-state index contributed by atoms with van der Waals surface area (Å²) in [6.07, 6.45) is 3.44. The van der Waals surface area contributed by atoms with Crippen molar-refractivity contribution in [2.24, 2.45) is 0 Å². The zero-order valence-electron chi connectivity index (χ0n) is 10.4. The average molecular weight is 270 g/mol. The summed E-state index contributed by atoms with van der Waals surface area (Å²) in [6.45, 7) is 4.09. The molecule has 2 N–H and O–H groups in total. The molecule has 1 aromatic heterocycles. The number of nitrogens with zero attached hydrogens (tertiary/aromatic N) is 2. The van der Waals surface area contributed by atoms with Crippen LogP contribution >= 0.6 is 11.3 Å². The average Bonchev–Trinajstić information content (AvgIpc) is 2.86. The highest BCUT2D eigenvalue weighted by atomic mass is 32.1. The lowest BCUT2D eigenvalue weighted by Crippen LogP contribution is -2.35. The van der Waals surface area contributed by atoms with Gasteiger partial charge in [-0.3, -0.25) is 4.79 Å². The summed E-state index contributed by atoms with van der Waals surface area (Å²) >= 11 is 1.27. The lowest BCUT2D eigenvalue weighted by Gasteiger charge is -2.22. The van der Waals surface area contributed by atoms with E-state index in [0.717, 1.165) is 26.0 Å². The monoisotopic (exact) mass is 270 g/mol. The largest absolute Gasteiger partial charge is 0.376 e. The van der Waals surface area contributed by atoms with Crippen molar-refractivity contribution in [1.82, 2.24) is 15.5 Å². The molecule has 6 nitrogen and oxygen atoms in total. The predicted molar refractivity (Wildman–Crippen MR) is 70.0 cm³/mol. The molecule has 1 aliphatic rings. The van der Waals surface area contributed by atoms with Gasteiger partial charge in [-0.1, -0.05) is 11.3 Å². The molecule has 1 amide bonds. The quantitative estimate of drug-likeness (QED) is 0.842. The first-order valence-electron chi connectivity index (χ1n) is 6.26. The number of hydrogen-bond acceptors (Lipinski definition) is 6. The van der Waals surface area contributed by atoms with E-state index < -0.39 is 0 Å². The van der Waals surface area contributed by atoms with E-state index in [1.165, 1.54) is 17.8 Å². The van der Waals surface area contributed by atoms with Gasteiger partial charge >= 0.3 is 0 Å². The number of ether oxygens (including phenoxy) is 1. The number of anilines is 1. The lowest BCUT2D eigenvalue weighted by molar-refractivity contribution is 0.0169. The molecule has 1 unspecified atom stereocenters. The van der Waals surface area contributed by atoms with Gasteiger partial charge in [0.25, 0.3) is 5.91 Å². The fourth-order valence-electron chi connectivity index (χ4n) is 1.79. The van der Waals surface area contributed by atoms with Gasteiger partial charge in [-0.2, -0.15) is 0 Å². The number of amides is 1. The van der Waals surface area contributed by atoms with Gasteiger partial charge in [0.15, 0.2) is 0 Å². The highest BCUT2D eigenvalue weighted by Crippen LogP contribution is 2.15. The van der Waals surface area contributed by atoms with E-state index in [4.69, 9.17) is 4.74 Å². The number of aromatic nitrogens is 2. The second kappa shape index (κ2) is 6.65. The Balaban J connectivity index is 1.79. The SMILES string of the molecule is CCNc1nnc(C(=O)NCC2CCCCO2)s1. The van der Waals surface area contributed by atoms with Crippen molar-refractivity contribution in [3.05, 3.63) is 5.01 Å². The summed E-state index contributed by atoms with van der Waals surface area (Å²) in [7, 11) is 0. The number of nitrogens with one attached hydrogen (secondary N) is 2. The van der Waals surface area contributed by atoms with E-state index in [1.54, 1.807) is 0 Å². The first-order chi connectivity index (χ1) is 8.79. The maximum Gasteiger partial charge on any atom is 0.282 e. The van der Waals surface area contributed by atoms with Crippen LogP contribution in [0.1, 0.15) is 36.0 Å². The smallest absolute Gasteiger partial charge is 0.282 e. The highest BCUT2D eigenvalue weighted by Gasteiger charge is 2.17. The van der Waals surface area contributed by atoms with Gasteiger partial charge in [0.1, 0.15) is 0 Å². The van der Waals surface area contributed by atoms with Crippen LogP contribution < -0.4 is 10.6 Å². The molecule has 7 heteroatoms. The van der Waals surface area contributed by atoms with Crippen LogP contribution in [0.25, 0.3) is 0 Å². The third kappa shape index (κ3) is 3.64. The predicted octanol–water partition coefficient (Wildman–Crippen LogP) is 1.27. The van der Waals surface area contributed by atoms with Crippen LogP contribution in [-0.2, 0) is 4.74 Å². The number of carbonyl (C=O) groups is 1. The van der Waals surface area contributed by atoms with E-state index in [0.29, 0.717) is 16.7 Å². The van der Waals surface area contributed by atoms with E-state index in [2.05, 4.69) is 20.8 Å². The fraction of sp³-hybridized carbons (Fsp3) is 0.727. The van der Waals surface area contributed by atoms with Gasteiger partial charge in [0, 0.05) is 19.7 Å². The lowest BCUT2D eigenvalue weighted by atomic mass is 10.1. The Morgan fingerprint density at radius 1 is 1.50 bits per heavy atom. The molecule has 1 aliphatic heterocycles. The molecule has 18 heavy (non-hydrogen) atoms. The normalized spacial score (nSPS) is 19.5. The molecule has 1 atom stereocenters. The molecule has 0 saturated carbocycles. The number of hydrogen-bond donors (Lipinski definition) is 2. The molecule has 1 saturated heterocycles. The summed E-state index contributed by atoms with van der Waals surface area (Å²) in [4.78, 5) is 11.8. The second-order valence-corrected chi connectivity index (χ2v) is 5.12. The summed E-state index contributed by atoms with van der Waals surface area (Å²) in [5, 5.41) is 14.7. The molecule has 1 aromatic rings. The standard InChI is InChI=1S/C11H18N4O2S/c1-2-12-11-15-14-10(18-11)9(16)13-7-8-5-3-4-6-17-8/h8H,2-7H2,1H3,(H,12,15)(H,13,16). The van der Waals surface area contributed by atoms with Gasteiger partial charge in [0.2, 0.25) is 10.1 Å². The molecule has 100 valence electrons. The van der Waals surface area contributed by atoms with Crippen molar-refractivity contribution in [3.8, 4) is 0 Å². The number of carbonyl (C=O) groups excluding carboxylic acids is 1. The van der Waals surface area contributed by atoms with Crippen molar-refractivity contribution in [1.29, 1.82) is 0 Å². The minimum Gasteiger partial charge on any atom is -0.376 e. The summed E-state index contributed by atoms with van der Waals surface area (Å²) in [5.41, 5.74) is 0. The molecule has 0 aliphatic carbocycles. The Labute approximate surface area is 110 Å². The van der Waals surface area contributed by atoms with Crippen LogP contribution in [-0.4, -0.2) is 41.9 Å². The third-order valence-corrected chi connectivity index (χ3v) is 3.59. The Kier molecular flexibility index (Phi) is 4.89. The van der Waals surface area contributed by atoms with Gasteiger partial charge in [-0.15, -0.1) is 10.2 Å². The van der Waals surface area contributed by atoms with E-state index >= 15 is 0 Å². The minimum atomic E-state index is -0.175. The zero-order valence-corrected chi connectivity index (χ0v) is 11.3. The third-order valence-electron chi connectivity index (χ3n) is 2.71. The van der Waals surface area contributed by atoms with Crippen molar-refractivity contribution in [2.45, 2.75) is 32.3 Å². The number of rotatable bonds is 5. The van der Waals surface area contributed by atoms with Crippen molar-refractivity contribution < 1.29 is 9.53 Å². The molecule has 0 spiro atoms. The molecule has 2 heterocycles. The second-order valence-electron chi connectivity index (χ2n) is 4.14. The van der Waals surface area contributed by atoms with Gasteiger partial charge in [0.05, 0.1) is 6.10 Å². The van der Waals surface area contributed by atoms with E-state index in [1.807, 2.05) is 6.92 Å². The van der Waals surface area contributed by atoms with Crippen LogP contribution in [0.5, 0.6) is 0 Å². The van der Waals surface area contributed by atoms with E-state index in [-0.39, 0.29) is 12.0 Å². The van der Waals surface area contributed by atoms with Gasteiger partial charge < -0.3 is 15.4 Å². The minimum absolute atomic E-state index is 0.142.